The van der Waals surface area contributed by atoms with Crippen molar-refractivity contribution in [2.45, 2.75) is 20.0 Å². The molecular formula is C21H20FNO5. The molecule has 7 heteroatoms. The van der Waals surface area contributed by atoms with Crippen LogP contribution in [0.5, 0.6) is 5.75 Å². The highest BCUT2D eigenvalue weighted by atomic mass is 19.1. The Morgan fingerprint density at radius 3 is 2.36 bits per heavy atom. The first-order valence-corrected chi connectivity index (χ1v) is 8.44. The number of benzene rings is 2. The maximum absolute atomic E-state index is 13.6. The summed E-state index contributed by atoms with van der Waals surface area (Å²) in [4.78, 5) is 35.3. The van der Waals surface area contributed by atoms with Crippen LogP contribution in [0.15, 0.2) is 48.5 Å². The average Bonchev–Trinajstić information content (AvgIpc) is 2.66. The molecule has 0 aliphatic carbocycles. The number of nitrogens with one attached hydrogen (secondary N) is 1. The normalized spacial score (nSPS) is 11.7. The van der Waals surface area contributed by atoms with Gasteiger partial charge >= 0.3 is 5.97 Å². The maximum Gasteiger partial charge on any atom is 0.331 e. The summed E-state index contributed by atoms with van der Waals surface area (Å²) >= 11 is 0. The third kappa shape index (κ3) is 5.77. The molecule has 0 aliphatic rings. The summed E-state index contributed by atoms with van der Waals surface area (Å²) in [5, 5.41) is 2.60. The highest BCUT2D eigenvalue weighted by Gasteiger charge is 2.18. The van der Waals surface area contributed by atoms with Crippen LogP contribution in [0, 0.1) is 5.82 Å². The van der Waals surface area contributed by atoms with Gasteiger partial charge in [0, 0.05) is 24.3 Å². The Morgan fingerprint density at radius 2 is 1.79 bits per heavy atom. The van der Waals surface area contributed by atoms with Crippen LogP contribution < -0.4 is 10.1 Å². The first kappa shape index (κ1) is 20.8. The van der Waals surface area contributed by atoms with Crippen LogP contribution in [0.4, 0.5) is 10.1 Å². The van der Waals surface area contributed by atoms with E-state index in [-0.39, 0.29) is 17.4 Å². The van der Waals surface area contributed by atoms with E-state index in [0.29, 0.717) is 16.8 Å². The Morgan fingerprint density at radius 1 is 1.11 bits per heavy atom. The third-order valence-corrected chi connectivity index (χ3v) is 3.74. The highest BCUT2D eigenvalue weighted by molar-refractivity contribution is 6.01. The van der Waals surface area contributed by atoms with Gasteiger partial charge in [-0.1, -0.05) is 6.07 Å². The summed E-state index contributed by atoms with van der Waals surface area (Å²) in [6, 6.07) is 10.5. The van der Waals surface area contributed by atoms with Crippen LogP contribution in [0.2, 0.25) is 0 Å². The fraction of sp³-hybridized carbons (Fsp3) is 0.190. The first-order valence-electron chi connectivity index (χ1n) is 8.44. The van der Waals surface area contributed by atoms with E-state index < -0.39 is 17.9 Å². The van der Waals surface area contributed by atoms with Crippen molar-refractivity contribution in [3.8, 4) is 5.75 Å². The van der Waals surface area contributed by atoms with E-state index in [1.807, 2.05) is 0 Å². The van der Waals surface area contributed by atoms with Crippen LogP contribution in [0.1, 0.15) is 29.8 Å². The molecule has 0 radical (unpaired) electrons. The number of esters is 1. The van der Waals surface area contributed by atoms with Crippen molar-refractivity contribution in [1.82, 2.24) is 0 Å². The van der Waals surface area contributed by atoms with Crippen molar-refractivity contribution in [1.29, 1.82) is 0 Å². The summed E-state index contributed by atoms with van der Waals surface area (Å²) in [5.74, 6) is -1.78. The minimum Gasteiger partial charge on any atom is -0.494 e. The standard InChI is InChI=1S/C21H20FNO5/c1-13(21(26)16-6-8-17(9-7-16)23-14(2)24)28-20(25)11-5-15-4-10-19(27-3)18(22)12-15/h4-13H,1-3H3,(H,23,24)/b11-5+/t13-/m1/s1. The van der Waals surface area contributed by atoms with E-state index in [1.165, 1.54) is 51.3 Å². The predicted molar refractivity (Wildman–Crippen MR) is 103 cm³/mol. The minimum absolute atomic E-state index is 0.100. The summed E-state index contributed by atoms with van der Waals surface area (Å²) in [6.07, 6.45) is 1.49. The molecule has 1 atom stereocenters. The number of anilines is 1. The Kier molecular flexibility index (Phi) is 7.03. The summed E-state index contributed by atoms with van der Waals surface area (Å²) < 4.78 is 23.6. The molecule has 1 amide bonds. The van der Waals surface area contributed by atoms with E-state index in [9.17, 15) is 18.8 Å². The van der Waals surface area contributed by atoms with Crippen molar-refractivity contribution in [3.05, 3.63) is 65.5 Å². The number of carbonyl (C=O) groups is 3. The molecule has 0 heterocycles. The Balaban J connectivity index is 1.96. The average molecular weight is 385 g/mol. The number of carbonyl (C=O) groups excluding carboxylic acids is 3. The Hall–Kier alpha value is -3.48. The van der Waals surface area contributed by atoms with Gasteiger partial charge in [0.05, 0.1) is 7.11 Å². The fourth-order valence-corrected chi connectivity index (χ4v) is 2.37. The quantitative estimate of drug-likeness (QED) is 0.447. The SMILES string of the molecule is COc1ccc(/C=C/C(=O)O[C@H](C)C(=O)c2ccc(NC(C)=O)cc2)cc1F. The third-order valence-electron chi connectivity index (χ3n) is 3.74. The molecule has 0 bridgehead atoms. The van der Waals surface area contributed by atoms with Crippen LogP contribution in [-0.4, -0.2) is 30.9 Å². The lowest BCUT2D eigenvalue weighted by Crippen LogP contribution is -2.23. The number of amides is 1. The topological polar surface area (TPSA) is 81.7 Å². The second-order valence-electron chi connectivity index (χ2n) is 5.93. The lowest BCUT2D eigenvalue weighted by Gasteiger charge is -2.11. The second kappa shape index (κ2) is 9.45. The van der Waals surface area contributed by atoms with E-state index >= 15 is 0 Å². The molecule has 6 nitrogen and oxygen atoms in total. The van der Waals surface area contributed by atoms with Gasteiger partial charge in [-0.3, -0.25) is 9.59 Å². The maximum atomic E-state index is 13.6. The van der Waals surface area contributed by atoms with Gasteiger partial charge in [-0.25, -0.2) is 9.18 Å². The Bertz CT molecular complexity index is 906. The zero-order valence-corrected chi connectivity index (χ0v) is 15.7. The lowest BCUT2D eigenvalue weighted by atomic mass is 10.1. The zero-order chi connectivity index (χ0) is 20.7. The summed E-state index contributed by atoms with van der Waals surface area (Å²) in [6.45, 7) is 2.84. The monoisotopic (exact) mass is 385 g/mol. The molecule has 0 saturated heterocycles. The lowest BCUT2D eigenvalue weighted by molar-refractivity contribution is -0.140. The molecule has 0 saturated carbocycles. The second-order valence-corrected chi connectivity index (χ2v) is 5.93. The molecule has 0 aliphatic heterocycles. The number of hydrogen-bond acceptors (Lipinski definition) is 5. The van der Waals surface area contributed by atoms with Crippen LogP contribution in [0.25, 0.3) is 6.08 Å². The van der Waals surface area contributed by atoms with Crippen molar-refractivity contribution in [3.63, 3.8) is 0 Å². The van der Waals surface area contributed by atoms with E-state index in [4.69, 9.17) is 9.47 Å². The van der Waals surface area contributed by atoms with Gasteiger partial charge in [-0.2, -0.15) is 0 Å². The van der Waals surface area contributed by atoms with Gasteiger partial charge in [0.2, 0.25) is 11.7 Å². The number of ketones is 1. The molecule has 0 aromatic heterocycles. The van der Waals surface area contributed by atoms with Gasteiger partial charge in [-0.05, 0) is 55.0 Å². The molecule has 2 aromatic carbocycles. The van der Waals surface area contributed by atoms with Crippen molar-refractivity contribution < 1.29 is 28.2 Å². The Labute approximate surface area is 162 Å². The van der Waals surface area contributed by atoms with Crippen molar-refractivity contribution in [2.75, 3.05) is 12.4 Å². The number of halogens is 1. The number of hydrogen-bond donors (Lipinski definition) is 1. The van der Waals surface area contributed by atoms with Crippen molar-refractivity contribution in [2.24, 2.45) is 0 Å². The molecule has 0 fully saturated rings. The van der Waals surface area contributed by atoms with E-state index in [0.717, 1.165) is 6.08 Å². The van der Waals surface area contributed by atoms with Crippen LogP contribution >= 0.6 is 0 Å². The van der Waals surface area contributed by atoms with Crippen LogP contribution in [-0.2, 0) is 14.3 Å². The number of methoxy groups -OCH3 is 1. The van der Waals surface area contributed by atoms with Gasteiger partial charge in [-0.15, -0.1) is 0 Å². The fourth-order valence-electron chi connectivity index (χ4n) is 2.37. The van der Waals surface area contributed by atoms with Crippen molar-refractivity contribution >= 4 is 29.4 Å². The van der Waals surface area contributed by atoms with Gasteiger partial charge in [0.1, 0.15) is 0 Å². The smallest absolute Gasteiger partial charge is 0.331 e. The molecule has 2 aromatic rings. The summed E-state index contributed by atoms with van der Waals surface area (Å²) in [5.41, 5.74) is 1.35. The van der Waals surface area contributed by atoms with Gasteiger partial charge in [0.25, 0.3) is 0 Å². The minimum atomic E-state index is -1.00. The first-order chi connectivity index (χ1) is 13.3. The van der Waals surface area contributed by atoms with E-state index in [1.54, 1.807) is 18.2 Å². The molecular weight excluding hydrogens is 365 g/mol. The van der Waals surface area contributed by atoms with Crippen LogP contribution in [0.3, 0.4) is 0 Å². The highest BCUT2D eigenvalue weighted by Crippen LogP contribution is 2.18. The summed E-state index contributed by atoms with van der Waals surface area (Å²) in [7, 11) is 1.36. The molecule has 146 valence electrons. The molecule has 2 rings (SSSR count). The largest absolute Gasteiger partial charge is 0.494 e. The number of Topliss-reactive ketones (excluding diaryl/α,β-unsaturated/α-hetero) is 1. The molecule has 0 unspecified atom stereocenters. The van der Waals surface area contributed by atoms with E-state index in [2.05, 4.69) is 5.32 Å². The zero-order valence-electron chi connectivity index (χ0n) is 15.7. The number of rotatable bonds is 7. The molecule has 28 heavy (non-hydrogen) atoms. The molecule has 1 N–H and O–H groups in total. The molecule has 0 spiro atoms. The van der Waals surface area contributed by atoms with Gasteiger partial charge < -0.3 is 14.8 Å². The van der Waals surface area contributed by atoms with Gasteiger partial charge in [0.15, 0.2) is 17.7 Å². The predicted octanol–water partition coefficient (Wildman–Crippen LogP) is 3.62. The number of ether oxygens (including phenoxy) is 2.